The van der Waals surface area contributed by atoms with Crippen molar-refractivity contribution >= 4 is 0 Å². The molecule has 1 unspecified atom stereocenters. The highest BCUT2D eigenvalue weighted by Gasteiger charge is 2.22. The second-order valence-corrected chi connectivity index (χ2v) is 6.09. The number of fused-ring (bicyclic) bond motifs is 1. The van der Waals surface area contributed by atoms with E-state index in [2.05, 4.69) is 39.3 Å². The number of aryl methyl sites for hydroxylation is 1. The largest absolute Gasteiger partial charge is 0.309 e. The Hall–Kier alpha value is -0.970. The van der Waals surface area contributed by atoms with Crippen LogP contribution in [0.25, 0.3) is 0 Å². The molecule has 0 saturated carbocycles. The Bertz CT molecular complexity index is 426. The maximum Gasteiger partial charge on any atom is 0.0605 e. The van der Waals surface area contributed by atoms with Gasteiger partial charge in [-0.3, -0.25) is 4.98 Å². The van der Waals surface area contributed by atoms with Crippen LogP contribution in [0.1, 0.15) is 30.1 Å². The van der Waals surface area contributed by atoms with Gasteiger partial charge in [0.15, 0.2) is 0 Å². The highest BCUT2D eigenvalue weighted by molar-refractivity contribution is 5.27. The zero-order valence-corrected chi connectivity index (χ0v) is 12.5. The third kappa shape index (κ3) is 3.37. The maximum atomic E-state index is 4.54. The van der Waals surface area contributed by atoms with Crippen LogP contribution >= 0.6 is 0 Å². The number of aromatic nitrogens is 1. The van der Waals surface area contributed by atoms with E-state index in [0.29, 0.717) is 6.04 Å². The fourth-order valence-corrected chi connectivity index (χ4v) is 3.26. The van der Waals surface area contributed by atoms with Crippen molar-refractivity contribution in [1.29, 1.82) is 0 Å². The molecule has 1 N–H and O–H groups in total. The van der Waals surface area contributed by atoms with E-state index in [1.54, 1.807) is 0 Å². The number of hydrogen-bond donors (Lipinski definition) is 1. The van der Waals surface area contributed by atoms with Crippen molar-refractivity contribution in [3.8, 4) is 0 Å². The van der Waals surface area contributed by atoms with Gasteiger partial charge in [-0.1, -0.05) is 6.07 Å². The molecule has 1 aromatic rings. The normalized spacial score (nSPS) is 23.9. The van der Waals surface area contributed by atoms with E-state index in [1.165, 1.54) is 63.2 Å². The van der Waals surface area contributed by atoms with Crippen LogP contribution in [0.4, 0.5) is 0 Å². The van der Waals surface area contributed by atoms with Gasteiger partial charge in [-0.05, 0) is 51.0 Å². The van der Waals surface area contributed by atoms with Gasteiger partial charge in [-0.15, -0.1) is 0 Å². The molecule has 0 amide bonds. The molecule has 2 aliphatic rings. The first kappa shape index (κ1) is 14.0. The number of pyridine rings is 1. The van der Waals surface area contributed by atoms with Crippen molar-refractivity contribution in [2.45, 2.75) is 25.3 Å². The molecular formula is C16H26N4. The molecule has 110 valence electrons. The van der Waals surface area contributed by atoms with Crippen molar-refractivity contribution < 1.29 is 0 Å². The Morgan fingerprint density at radius 1 is 1.30 bits per heavy atom. The summed E-state index contributed by atoms with van der Waals surface area (Å²) >= 11 is 0. The molecule has 0 aromatic carbocycles. The zero-order chi connectivity index (χ0) is 13.8. The van der Waals surface area contributed by atoms with E-state index in [0.717, 1.165) is 6.54 Å². The Kier molecular flexibility index (Phi) is 4.65. The summed E-state index contributed by atoms with van der Waals surface area (Å²) in [5, 5.41) is 3.69. The van der Waals surface area contributed by atoms with Crippen LogP contribution in [0.2, 0.25) is 0 Å². The summed E-state index contributed by atoms with van der Waals surface area (Å²) in [6.45, 7) is 7.21. The molecule has 1 aliphatic carbocycles. The third-order valence-electron chi connectivity index (χ3n) is 4.60. The summed E-state index contributed by atoms with van der Waals surface area (Å²) in [5.41, 5.74) is 2.72. The molecule has 4 nitrogen and oxygen atoms in total. The Balaban J connectivity index is 1.37. The predicted octanol–water partition coefficient (Wildman–Crippen LogP) is 1.30. The van der Waals surface area contributed by atoms with Crippen LogP contribution in [0.5, 0.6) is 0 Å². The SMILES string of the molecule is CN1CCN(CCCNC2CCc3cccnc32)CC1. The first-order valence-corrected chi connectivity index (χ1v) is 7.91. The van der Waals surface area contributed by atoms with Crippen molar-refractivity contribution in [3.05, 3.63) is 29.6 Å². The van der Waals surface area contributed by atoms with Crippen LogP contribution < -0.4 is 5.32 Å². The number of likely N-dealkylation sites (N-methyl/N-ethyl adjacent to an activating group) is 1. The Labute approximate surface area is 122 Å². The van der Waals surface area contributed by atoms with Gasteiger partial charge in [0, 0.05) is 32.4 Å². The van der Waals surface area contributed by atoms with E-state index in [9.17, 15) is 0 Å². The van der Waals surface area contributed by atoms with Gasteiger partial charge in [0.05, 0.1) is 11.7 Å². The third-order valence-corrected chi connectivity index (χ3v) is 4.60. The topological polar surface area (TPSA) is 31.4 Å². The van der Waals surface area contributed by atoms with E-state index < -0.39 is 0 Å². The van der Waals surface area contributed by atoms with Crippen LogP contribution in [0, 0.1) is 0 Å². The summed E-state index contributed by atoms with van der Waals surface area (Å²) in [5.74, 6) is 0. The minimum Gasteiger partial charge on any atom is -0.309 e. The van der Waals surface area contributed by atoms with Gasteiger partial charge < -0.3 is 15.1 Å². The van der Waals surface area contributed by atoms with Gasteiger partial charge in [0.2, 0.25) is 0 Å². The second-order valence-electron chi connectivity index (χ2n) is 6.09. The summed E-state index contributed by atoms with van der Waals surface area (Å²) in [4.78, 5) is 9.54. The fraction of sp³-hybridized carbons (Fsp3) is 0.688. The molecule has 1 aliphatic heterocycles. The molecule has 2 heterocycles. The minimum absolute atomic E-state index is 0.485. The van der Waals surface area contributed by atoms with Crippen molar-refractivity contribution in [3.63, 3.8) is 0 Å². The first-order valence-electron chi connectivity index (χ1n) is 7.91. The molecule has 1 aromatic heterocycles. The van der Waals surface area contributed by atoms with Gasteiger partial charge >= 0.3 is 0 Å². The van der Waals surface area contributed by atoms with E-state index in [1.807, 2.05) is 6.20 Å². The quantitative estimate of drug-likeness (QED) is 0.820. The molecule has 1 fully saturated rings. The summed E-state index contributed by atoms with van der Waals surface area (Å²) in [6.07, 6.45) is 5.55. The molecule has 0 spiro atoms. The number of piperazine rings is 1. The molecule has 3 rings (SSSR count). The minimum atomic E-state index is 0.485. The number of nitrogens with zero attached hydrogens (tertiary/aromatic N) is 3. The van der Waals surface area contributed by atoms with Crippen LogP contribution in [0.3, 0.4) is 0 Å². The van der Waals surface area contributed by atoms with Gasteiger partial charge in [-0.2, -0.15) is 0 Å². The lowest BCUT2D eigenvalue weighted by molar-refractivity contribution is 0.152. The number of rotatable bonds is 5. The molecule has 1 saturated heterocycles. The fourth-order valence-electron chi connectivity index (χ4n) is 3.26. The lowest BCUT2D eigenvalue weighted by atomic mass is 10.2. The lowest BCUT2D eigenvalue weighted by Gasteiger charge is -2.32. The molecule has 1 atom stereocenters. The number of hydrogen-bond acceptors (Lipinski definition) is 4. The highest BCUT2D eigenvalue weighted by atomic mass is 15.2. The van der Waals surface area contributed by atoms with Crippen LogP contribution in [-0.2, 0) is 6.42 Å². The van der Waals surface area contributed by atoms with Crippen LogP contribution in [-0.4, -0.2) is 61.1 Å². The lowest BCUT2D eigenvalue weighted by Crippen LogP contribution is -2.45. The standard InChI is InChI=1S/C16H26N4/c1-19-10-12-20(13-11-19)9-3-8-17-15-6-5-14-4-2-7-18-16(14)15/h2,4,7,15,17H,3,5-6,8-13H2,1H3. The van der Waals surface area contributed by atoms with Gasteiger partial charge in [0.1, 0.15) is 0 Å². The van der Waals surface area contributed by atoms with E-state index in [-0.39, 0.29) is 0 Å². The van der Waals surface area contributed by atoms with Crippen molar-refractivity contribution in [2.75, 3.05) is 46.3 Å². The average molecular weight is 274 g/mol. The zero-order valence-electron chi connectivity index (χ0n) is 12.5. The molecule has 0 radical (unpaired) electrons. The predicted molar refractivity (Wildman–Crippen MR) is 81.9 cm³/mol. The van der Waals surface area contributed by atoms with E-state index in [4.69, 9.17) is 0 Å². The summed E-state index contributed by atoms with van der Waals surface area (Å²) in [6, 6.07) is 4.75. The first-order chi connectivity index (χ1) is 9.83. The molecule has 20 heavy (non-hydrogen) atoms. The summed E-state index contributed by atoms with van der Waals surface area (Å²) in [7, 11) is 2.21. The Morgan fingerprint density at radius 3 is 3.00 bits per heavy atom. The van der Waals surface area contributed by atoms with Crippen molar-refractivity contribution in [1.82, 2.24) is 20.1 Å². The highest BCUT2D eigenvalue weighted by Crippen LogP contribution is 2.28. The van der Waals surface area contributed by atoms with Gasteiger partial charge in [0.25, 0.3) is 0 Å². The monoisotopic (exact) mass is 274 g/mol. The smallest absolute Gasteiger partial charge is 0.0605 e. The van der Waals surface area contributed by atoms with Crippen molar-refractivity contribution in [2.24, 2.45) is 0 Å². The van der Waals surface area contributed by atoms with Crippen LogP contribution in [0.15, 0.2) is 18.3 Å². The maximum absolute atomic E-state index is 4.54. The van der Waals surface area contributed by atoms with Gasteiger partial charge in [-0.25, -0.2) is 0 Å². The van der Waals surface area contributed by atoms with E-state index >= 15 is 0 Å². The Morgan fingerprint density at radius 2 is 2.15 bits per heavy atom. The molecular weight excluding hydrogens is 248 g/mol. The summed E-state index contributed by atoms with van der Waals surface area (Å²) < 4.78 is 0. The molecule has 4 heteroatoms. The average Bonchev–Trinajstić information content (AvgIpc) is 2.89. The second kappa shape index (κ2) is 6.66. The number of nitrogens with one attached hydrogen (secondary N) is 1. The molecule has 0 bridgehead atoms.